The molecule has 2 aromatic carbocycles. The third-order valence-electron chi connectivity index (χ3n) is 16.1. The first-order chi connectivity index (χ1) is 35.5. The van der Waals surface area contributed by atoms with Gasteiger partial charge in [0.2, 0.25) is 17.7 Å². The second kappa shape index (κ2) is 22.9. The quantitative estimate of drug-likeness (QED) is 0.0880. The number of likely N-dealkylation sites (tertiary alicyclic amines) is 2. The van der Waals surface area contributed by atoms with Gasteiger partial charge in [0.1, 0.15) is 35.8 Å². The van der Waals surface area contributed by atoms with Gasteiger partial charge in [-0.2, -0.15) is 5.26 Å². The van der Waals surface area contributed by atoms with Crippen LogP contribution in [0.15, 0.2) is 66.3 Å². The highest BCUT2D eigenvalue weighted by molar-refractivity contribution is 7.13. The van der Waals surface area contributed by atoms with E-state index in [-0.39, 0.29) is 72.2 Å². The molecule has 16 nitrogen and oxygen atoms in total. The van der Waals surface area contributed by atoms with Crippen LogP contribution in [0.2, 0.25) is 5.02 Å². The molecule has 3 saturated heterocycles. The Bertz CT molecular complexity index is 2710. The number of piperazine rings is 1. The second-order valence-corrected chi connectivity index (χ2v) is 24.7. The number of halogens is 1. The Morgan fingerprint density at radius 1 is 0.933 bits per heavy atom. The Balaban J connectivity index is 0.743. The Hall–Kier alpha value is -5.64. The van der Waals surface area contributed by atoms with Crippen LogP contribution >= 0.6 is 22.9 Å². The summed E-state index contributed by atoms with van der Waals surface area (Å²) in [6, 6.07) is 16.7. The number of nitrogens with zero attached hydrogens (tertiary/aromatic N) is 7. The van der Waals surface area contributed by atoms with Crippen molar-refractivity contribution < 1.29 is 29.0 Å². The number of carbonyl (C=O) groups is 4. The van der Waals surface area contributed by atoms with Crippen LogP contribution in [0, 0.1) is 40.4 Å². The van der Waals surface area contributed by atoms with Crippen LogP contribution in [0.3, 0.4) is 0 Å². The first kappa shape index (κ1) is 55.6. The van der Waals surface area contributed by atoms with Crippen molar-refractivity contribution in [1.82, 2.24) is 40.6 Å². The van der Waals surface area contributed by atoms with Gasteiger partial charge in [0.25, 0.3) is 5.91 Å². The molecule has 8 rings (SSSR count). The zero-order chi connectivity index (χ0) is 54.0. The lowest BCUT2D eigenvalue weighted by molar-refractivity contribution is -0.164. The summed E-state index contributed by atoms with van der Waals surface area (Å²) >= 11 is 7.86. The number of amides is 4. The molecule has 4 aliphatic rings. The normalized spacial score (nSPS) is 22.9. The van der Waals surface area contributed by atoms with E-state index in [2.05, 4.69) is 69.4 Å². The predicted octanol–water partition coefficient (Wildman–Crippen LogP) is 7.24. The highest BCUT2D eigenvalue weighted by Crippen LogP contribution is 2.55. The van der Waals surface area contributed by atoms with E-state index in [9.17, 15) is 29.5 Å². The van der Waals surface area contributed by atoms with E-state index in [4.69, 9.17) is 21.3 Å². The minimum Gasteiger partial charge on any atom is -0.489 e. The SMILES string of the molecule is Cc1ncsc1-c1ccc([C@H](C)NC(=O)[C@@H]2C[C@@H](O)CN2C(=O)C(NC(=O)CN2CCC(CCN3CCN(c4ccc(C(=O)NC5C(C)(C)C(Oc6ccc(C#N)c(Cl)c6)C5(C)C)cn4)CC3)CC2)C(C)(C)C)cc1. The molecule has 18 heteroatoms. The standard InChI is InChI=1S/C57H75ClN10O6S/c1-35(38-10-12-39(13-11-38)48-36(2)61-34-75-48)62-51(72)45-28-42(69)32-68(45)52(73)49(55(3,4)5)63-47(70)33-66-22-19-37(20-23-66)18-21-65-24-26-67(27-25-65)46-17-15-41(31-60-46)50(71)64-53-56(6,7)54(57(53,8)9)74-43-16-14-40(30-59)44(58)29-43/h10-17,29,31,34-35,37,42,45,49,53-54,69H,18-28,32-33H2,1-9H3,(H,62,72)(H,63,70)(H,64,71)/t35-,42+,45-,49?,53?,54?/m0/s1. The number of carbonyl (C=O) groups excluding carboxylic acids is 4. The molecular formula is C57H75ClN10O6S. The average molecular weight is 1060 g/mol. The molecule has 0 radical (unpaired) electrons. The minimum absolute atomic E-state index is 0.0193. The Kier molecular flexibility index (Phi) is 17.0. The number of β-amino-alcohol motifs (C(OH)–C–C–N with tert-alkyl or cyclic N) is 1. The number of ether oxygens (including phenoxy) is 1. The van der Waals surface area contributed by atoms with Crippen molar-refractivity contribution in [2.24, 2.45) is 22.2 Å². The average Bonchev–Trinajstić information content (AvgIpc) is 4.00. The molecule has 1 saturated carbocycles. The maximum atomic E-state index is 14.3. The van der Waals surface area contributed by atoms with Crippen molar-refractivity contribution in [3.05, 3.63) is 93.7 Å². The minimum atomic E-state index is -0.886. The number of aliphatic hydroxyl groups is 1. The van der Waals surface area contributed by atoms with Crippen LogP contribution in [-0.4, -0.2) is 143 Å². The topological polar surface area (TPSA) is 196 Å². The first-order valence-electron chi connectivity index (χ1n) is 26.4. The molecule has 0 bridgehead atoms. The monoisotopic (exact) mass is 1060 g/mol. The molecule has 1 unspecified atom stereocenters. The molecular weight excluding hydrogens is 988 g/mol. The molecule has 75 heavy (non-hydrogen) atoms. The van der Waals surface area contributed by atoms with Gasteiger partial charge in [-0.05, 0) is 99.5 Å². The largest absolute Gasteiger partial charge is 0.489 e. The third kappa shape index (κ3) is 12.6. The number of aromatic nitrogens is 2. The number of benzene rings is 2. The van der Waals surface area contributed by atoms with Gasteiger partial charge in [-0.1, -0.05) is 84.3 Å². The number of hydrogen-bond donors (Lipinski definition) is 4. The van der Waals surface area contributed by atoms with Gasteiger partial charge in [0.15, 0.2) is 0 Å². The van der Waals surface area contributed by atoms with E-state index >= 15 is 0 Å². The number of nitrogens with one attached hydrogen (secondary N) is 3. The van der Waals surface area contributed by atoms with E-state index in [1.165, 1.54) is 4.90 Å². The first-order valence-corrected chi connectivity index (χ1v) is 27.7. The number of pyridine rings is 1. The number of rotatable bonds is 16. The van der Waals surface area contributed by atoms with Crippen molar-refractivity contribution in [2.75, 3.05) is 63.8 Å². The van der Waals surface area contributed by atoms with E-state index < -0.39 is 23.6 Å². The van der Waals surface area contributed by atoms with Crippen LogP contribution in [0.5, 0.6) is 5.75 Å². The fraction of sp³-hybridized carbons (Fsp3) is 0.561. The lowest BCUT2D eigenvalue weighted by Gasteiger charge is -2.63. The highest BCUT2D eigenvalue weighted by atomic mass is 35.5. The molecule has 4 amide bonds. The molecule has 4 fully saturated rings. The van der Waals surface area contributed by atoms with Crippen LogP contribution in [0.4, 0.5) is 5.82 Å². The van der Waals surface area contributed by atoms with Crippen LogP contribution in [0.25, 0.3) is 10.4 Å². The predicted molar refractivity (Wildman–Crippen MR) is 292 cm³/mol. The molecule has 402 valence electrons. The van der Waals surface area contributed by atoms with E-state index in [0.717, 1.165) is 92.6 Å². The van der Waals surface area contributed by atoms with E-state index in [0.29, 0.717) is 27.8 Å². The summed E-state index contributed by atoms with van der Waals surface area (Å²) in [6.45, 7) is 24.3. The van der Waals surface area contributed by atoms with Crippen molar-refractivity contribution in [3.63, 3.8) is 0 Å². The van der Waals surface area contributed by atoms with Gasteiger partial charge in [-0.25, -0.2) is 9.97 Å². The summed E-state index contributed by atoms with van der Waals surface area (Å²) in [6.07, 6.45) is 3.80. The fourth-order valence-electron chi connectivity index (χ4n) is 11.9. The van der Waals surface area contributed by atoms with Gasteiger partial charge in [-0.15, -0.1) is 11.3 Å². The van der Waals surface area contributed by atoms with Gasteiger partial charge >= 0.3 is 0 Å². The van der Waals surface area contributed by atoms with Crippen LogP contribution in [-0.2, 0) is 14.4 Å². The maximum absolute atomic E-state index is 14.3. The molecule has 3 aliphatic heterocycles. The van der Waals surface area contributed by atoms with Crippen molar-refractivity contribution in [2.45, 2.75) is 124 Å². The van der Waals surface area contributed by atoms with Crippen molar-refractivity contribution >= 4 is 52.4 Å². The summed E-state index contributed by atoms with van der Waals surface area (Å²) in [4.78, 5) is 73.8. The highest BCUT2D eigenvalue weighted by Gasteiger charge is 2.64. The Morgan fingerprint density at radius 2 is 1.63 bits per heavy atom. The molecule has 4 N–H and O–H groups in total. The molecule has 4 atom stereocenters. The number of nitriles is 1. The second-order valence-electron chi connectivity index (χ2n) is 23.4. The third-order valence-corrected chi connectivity index (χ3v) is 17.4. The fourth-order valence-corrected chi connectivity index (χ4v) is 13.0. The number of piperidine rings is 1. The zero-order valence-corrected chi connectivity index (χ0v) is 46.6. The number of thiazole rings is 1. The zero-order valence-electron chi connectivity index (χ0n) is 45.0. The lowest BCUT2D eigenvalue weighted by Crippen LogP contribution is -2.74. The van der Waals surface area contributed by atoms with Gasteiger partial charge in [-0.3, -0.25) is 29.0 Å². The number of aliphatic hydroxyl groups excluding tert-OH is 1. The maximum Gasteiger partial charge on any atom is 0.253 e. The Labute approximate surface area is 451 Å². The van der Waals surface area contributed by atoms with E-state index in [1.807, 2.05) is 76.5 Å². The Morgan fingerprint density at radius 3 is 2.23 bits per heavy atom. The van der Waals surface area contributed by atoms with E-state index in [1.54, 1.807) is 35.7 Å². The summed E-state index contributed by atoms with van der Waals surface area (Å²) in [5.74, 6) is 0.890. The number of hydrogen-bond acceptors (Lipinski definition) is 13. The van der Waals surface area contributed by atoms with Gasteiger partial charge < -0.3 is 35.6 Å². The summed E-state index contributed by atoms with van der Waals surface area (Å²) in [5, 5.41) is 29.7. The summed E-state index contributed by atoms with van der Waals surface area (Å²) in [7, 11) is 0. The summed E-state index contributed by atoms with van der Waals surface area (Å²) < 4.78 is 6.39. The molecule has 0 spiro atoms. The van der Waals surface area contributed by atoms with Crippen LogP contribution in [0.1, 0.15) is 114 Å². The van der Waals surface area contributed by atoms with Gasteiger partial charge in [0, 0.05) is 68.3 Å². The number of aryl methyl sites for hydroxylation is 1. The lowest BCUT2D eigenvalue weighted by atomic mass is 9.49. The molecule has 2 aromatic heterocycles. The molecule has 5 heterocycles. The van der Waals surface area contributed by atoms with Crippen LogP contribution < -0.4 is 25.6 Å². The molecule has 4 aromatic rings. The summed E-state index contributed by atoms with van der Waals surface area (Å²) in [5.41, 5.74) is 4.27. The smallest absolute Gasteiger partial charge is 0.253 e. The molecule has 1 aliphatic carbocycles. The number of anilines is 1. The van der Waals surface area contributed by atoms with Crippen molar-refractivity contribution in [1.29, 1.82) is 5.26 Å². The van der Waals surface area contributed by atoms with Crippen molar-refractivity contribution in [3.8, 4) is 22.3 Å². The van der Waals surface area contributed by atoms with Gasteiger partial charge in [0.05, 0.1) is 50.9 Å².